The van der Waals surface area contributed by atoms with Crippen molar-refractivity contribution in [2.75, 3.05) is 31.5 Å². The molecule has 0 aromatic heterocycles. The van der Waals surface area contributed by atoms with Crippen LogP contribution in [-0.2, 0) is 14.8 Å². The molecule has 176 valence electrons. The van der Waals surface area contributed by atoms with Gasteiger partial charge in [-0.05, 0) is 49.9 Å². The number of hydrogen-bond acceptors (Lipinski definition) is 4. The van der Waals surface area contributed by atoms with Crippen molar-refractivity contribution in [1.82, 2.24) is 9.21 Å². The lowest BCUT2D eigenvalue weighted by atomic mass is 9.98. The van der Waals surface area contributed by atoms with Crippen LogP contribution in [0.5, 0.6) is 0 Å². The summed E-state index contributed by atoms with van der Waals surface area (Å²) in [4.78, 5) is 28.4. The predicted molar refractivity (Wildman–Crippen MR) is 127 cm³/mol. The Morgan fingerprint density at radius 3 is 2.21 bits per heavy atom. The summed E-state index contributed by atoms with van der Waals surface area (Å²) in [5.74, 6) is -0.789. The molecule has 0 aliphatic carbocycles. The minimum atomic E-state index is -3.65. The minimum absolute atomic E-state index is 0.0651. The van der Waals surface area contributed by atoms with E-state index in [4.69, 9.17) is 0 Å². The third kappa shape index (κ3) is 5.45. The molecule has 8 heteroatoms. The zero-order valence-corrected chi connectivity index (χ0v) is 19.6. The van der Waals surface area contributed by atoms with Gasteiger partial charge in [0.05, 0.1) is 22.1 Å². The zero-order valence-electron chi connectivity index (χ0n) is 18.8. The number of carbonyl (C=O) groups excluding carboxylic acids is 2. The van der Waals surface area contributed by atoms with E-state index in [0.29, 0.717) is 30.6 Å². The first-order valence-electron chi connectivity index (χ1n) is 11.7. The number of sulfonamides is 1. The summed E-state index contributed by atoms with van der Waals surface area (Å²) in [6, 6.07) is 15.4. The molecule has 0 unspecified atom stereocenters. The van der Waals surface area contributed by atoms with Crippen molar-refractivity contribution in [2.45, 2.75) is 43.4 Å². The first kappa shape index (κ1) is 23.4. The quantitative estimate of drug-likeness (QED) is 0.723. The van der Waals surface area contributed by atoms with Crippen molar-refractivity contribution >= 4 is 27.5 Å². The van der Waals surface area contributed by atoms with E-state index in [0.717, 1.165) is 38.8 Å². The molecule has 2 aliphatic rings. The number of rotatable bonds is 5. The molecule has 0 radical (unpaired) electrons. The molecule has 0 spiro atoms. The van der Waals surface area contributed by atoms with Crippen LogP contribution < -0.4 is 5.32 Å². The SMILES string of the molecule is O=C(Nc1ccccc1C(=O)N1CCCCCC1)[C@@H]1CCCN(S(=O)(=O)c2ccccc2)C1. The smallest absolute Gasteiger partial charge is 0.255 e. The molecule has 33 heavy (non-hydrogen) atoms. The van der Waals surface area contributed by atoms with E-state index in [1.165, 1.54) is 4.31 Å². The maximum absolute atomic E-state index is 13.2. The fraction of sp³-hybridized carbons (Fsp3) is 0.440. The average Bonchev–Trinajstić information content (AvgIpc) is 3.14. The number of piperidine rings is 1. The first-order valence-corrected chi connectivity index (χ1v) is 13.2. The van der Waals surface area contributed by atoms with Crippen LogP contribution >= 0.6 is 0 Å². The number of anilines is 1. The number of nitrogens with zero attached hydrogens (tertiary/aromatic N) is 2. The minimum Gasteiger partial charge on any atom is -0.339 e. The van der Waals surface area contributed by atoms with Gasteiger partial charge in [0, 0.05) is 26.2 Å². The van der Waals surface area contributed by atoms with E-state index in [1.807, 2.05) is 4.90 Å². The predicted octanol–water partition coefficient (Wildman–Crippen LogP) is 3.74. The van der Waals surface area contributed by atoms with Gasteiger partial charge in [0.25, 0.3) is 5.91 Å². The van der Waals surface area contributed by atoms with Crippen molar-refractivity contribution in [2.24, 2.45) is 5.92 Å². The van der Waals surface area contributed by atoms with E-state index in [-0.39, 0.29) is 23.3 Å². The van der Waals surface area contributed by atoms with Crippen LogP contribution in [0.2, 0.25) is 0 Å². The number of amides is 2. The van der Waals surface area contributed by atoms with Crippen LogP contribution in [0.15, 0.2) is 59.5 Å². The normalized spacial score (nSPS) is 20.1. The molecule has 2 aliphatic heterocycles. The lowest BCUT2D eigenvalue weighted by molar-refractivity contribution is -0.120. The Labute approximate surface area is 195 Å². The van der Waals surface area contributed by atoms with Crippen LogP contribution in [-0.4, -0.2) is 55.6 Å². The summed E-state index contributed by atoms with van der Waals surface area (Å²) in [5.41, 5.74) is 0.970. The van der Waals surface area contributed by atoms with E-state index in [9.17, 15) is 18.0 Å². The highest BCUT2D eigenvalue weighted by atomic mass is 32.2. The lowest BCUT2D eigenvalue weighted by Crippen LogP contribution is -2.43. The second-order valence-electron chi connectivity index (χ2n) is 8.76. The molecule has 7 nitrogen and oxygen atoms in total. The van der Waals surface area contributed by atoms with Gasteiger partial charge in [-0.2, -0.15) is 4.31 Å². The number of para-hydroxylation sites is 1. The standard InChI is InChI=1S/C25H31N3O4S/c29-24(20-11-10-18-28(19-20)33(31,32)21-12-4-3-5-13-21)26-23-15-7-6-14-22(23)25(30)27-16-8-1-2-9-17-27/h3-7,12-15,20H,1-2,8-11,16-19H2,(H,26,29)/t20-/m1/s1. The molecule has 0 saturated carbocycles. The van der Waals surface area contributed by atoms with Gasteiger partial charge in [-0.25, -0.2) is 8.42 Å². The summed E-state index contributed by atoms with van der Waals surface area (Å²) >= 11 is 0. The fourth-order valence-electron chi connectivity index (χ4n) is 4.57. The molecule has 1 atom stereocenters. The average molecular weight is 470 g/mol. The Kier molecular flexibility index (Phi) is 7.45. The van der Waals surface area contributed by atoms with E-state index < -0.39 is 15.9 Å². The second-order valence-corrected chi connectivity index (χ2v) is 10.7. The molecule has 2 saturated heterocycles. The summed E-state index contributed by atoms with van der Waals surface area (Å²) < 4.78 is 27.4. The largest absolute Gasteiger partial charge is 0.339 e. The van der Waals surface area contributed by atoms with Crippen LogP contribution in [0.3, 0.4) is 0 Å². The Hall–Kier alpha value is -2.71. The Bertz CT molecular complexity index is 1080. The van der Waals surface area contributed by atoms with Gasteiger partial charge >= 0.3 is 0 Å². The molecule has 2 aromatic rings. The van der Waals surface area contributed by atoms with Crippen molar-refractivity contribution in [3.8, 4) is 0 Å². The van der Waals surface area contributed by atoms with Gasteiger partial charge in [0.1, 0.15) is 0 Å². The van der Waals surface area contributed by atoms with Crippen LogP contribution in [0, 0.1) is 5.92 Å². The second kappa shape index (κ2) is 10.5. The summed E-state index contributed by atoms with van der Waals surface area (Å²) in [6.07, 6.45) is 5.47. The highest BCUT2D eigenvalue weighted by molar-refractivity contribution is 7.89. The first-order chi connectivity index (χ1) is 16.0. The Morgan fingerprint density at radius 2 is 1.48 bits per heavy atom. The third-order valence-electron chi connectivity index (χ3n) is 6.44. The lowest BCUT2D eigenvalue weighted by Gasteiger charge is -2.31. The maximum atomic E-state index is 13.2. The van der Waals surface area contributed by atoms with E-state index in [1.54, 1.807) is 54.6 Å². The van der Waals surface area contributed by atoms with Crippen molar-refractivity contribution in [3.05, 3.63) is 60.2 Å². The third-order valence-corrected chi connectivity index (χ3v) is 8.32. The molecule has 0 bridgehead atoms. The van der Waals surface area contributed by atoms with E-state index >= 15 is 0 Å². The summed E-state index contributed by atoms with van der Waals surface area (Å²) in [7, 11) is -3.65. The van der Waals surface area contributed by atoms with Crippen molar-refractivity contribution in [1.29, 1.82) is 0 Å². The highest BCUT2D eigenvalue weighted by Crippen LogP contribution is 2.26. The van der Waals surface area contributed by atoms with Crippen molar-refractivity contribution in [3.63, 3.8) is 0 Å². The number of nitrogens with one attached hydrogen (secondary N) is 1. The van der Waals surface area contributed by atoms with Crippen molar-refractivity contribution < 1.29 is 18.0 Å². The van der Waals surface area contributed by atoms with E-state index in [2.05, 4.69) is 5.32 Å². The number of benzene rings is 2. The van der Waals surface area contributed by atoms with Gasteiger partial charge in [-0.15, -0.1) is 0 Å². The summed E-state index contributed by atoms with van der Waals surface area (Å²) in [6.45, 7) is 1.99. The van der Waals surface area contributed by atoms with Gasteiger partial charge < -0.3 is 10.2 Å². The fourth-order valence-corrected chi connectivity index (χ4v) is 6.12. The Balaban J connectivity index is 1.47. The number of hydrogen-bond donors (Lipinski definition) is 1. The topological polar surface area (TPSA) is 86.8 Å². The van der Waals surface area contributed by atoms with Crippen LogP contribution in [0.25, 0.3) is 0 Å². The van der Waals surface area contributed by atoms with Gasteiger partial charge in [-0.3, -0.25) is 9.59 Å². The molecule has 1 N–H and O–H groups in total. The van der Waals surface area contributed by atoms with Gasteiger partial charge in [-0.1, -0.05) is 43.2 Å². The monoisotopic (exact) mass is 469 g/mol. The molecule has 4 rings (SSSR count). The number of carbonyl (C=O) groups is 2. The molecule has 2 fully saturated rings. The highest BCUT2D eigenvalue weighted by Gasteiger charge is 2.33. The maximum Gasteiger partial charge on any atom is 0.255 e. The molecular formula is C25H31N3O4S. The number of likely N-dealkylation sites (tertiary alicyclic amines) is 1. The molecule has 2 amide bonds. The van der Waals surface area contributed by atoms with Crippen LogP contribution in [0.1, 0.15) is 48.9 Å². The Morgan fingerprint density at radius 1 is 0.818 bits per heavy atom. The zero-order chi connectivity index (χ0) is 23.3. The summed E-state index contributed by atoms with van der Waals surface area (Å²) in [5, 5.41) is 2.92. The molecule has 2 aromatic carbocycles. The van der Waals surface area contributed by atoms with Crippen LogP contribution in [0.4, 0.5) is 5.69 Å². The molecular weight excluding hydrogens is 438 g/mol. The van der Waals surface area contributed by atoms with Gasteiger partial charge in [0.15, 0.2) is 0 Å². The molecule has 2 heterocycles. The van der Waals surface area contributed by atoms with Gasteiger partial charge in [0.2, 0.25) is 15.9 Å².